The van der Waals surface area contributed by atoms with Crippen LogP contribution in [0, 0.1) is 0 Å². The van der Waals surface area contributed by atoms with Gasteiger partial charge < -0.3 is 10.8 Å². The summed E-state index contributed by atoms with van der Waals surface area (Å²) in [7, 11) is 0. The molecule has 0 saturated carbocycles. The maximum Gasteiger partial charge on any atom is 0.355 e. The van der Waals surface area contributed by atoms with Crippen molar-refractivity contribution in [3.8, 4) is 22.7 Å². The number of phenolic OH excluding ortho intramolecular Hbond substituents is 1. The van der Waals surface area contributed by atoms with E-state index in [4.69, 9.17) is 5.73 Å². The van der Waals surface area contributed by atoms with Gasteiger partial charge >= 0.3 is 5.69 Å². The number of fused-ring (bicyclic) bond motifs is 1. The van der Waals surface area contributed by atoms with Gasteiger partial charge in [0.1, 0.15) is 5.75 Å². The third-order valence-electron chi connectivity index (χ3n) is 3.71. The smallest absolute Gasteiger partial charge is 0.355 e. The Bertz CT molecular complexity index is 1100. The first kappa shape index (κ1) is 14.0. The summed E-state index contributed by atoms with van der Waals surface area (Å²) in [5.74, 6) is 0.176. The Kier molecular flexibility index (Phi) is 3.06. The molecule has 118 valence electrons. The molecule has 7 nitrogen and oxygen atoms in total. The van der Waals surface area contributed by atoms with Gasteiger partial charge in [-0.05, 0) is 24.3 Å². The molecule has 3 N–H and O–H groups in total. The molecule has 0 fully saturated rings. The monoisotopic (exact) mass is 319 g/mol. The van der Waals surface area contributed by atoms with Crippen molar-refractivity contribution < 1.29 is 5.11 Å². The van der Waals surface area contributed by atoms with Crippen LogP contribution in [0.1, 0.15) is 0 Å². The lowest BCUT2D eigenvalue weighted by atomic mass is 10.1. The molecule has 0 radical (unpaired) electrons. The van der Waals surface area contributed by atoms with Crippen LogP contribution in [0.4, 0.5) is 5.82 Å². The molecule has 0 atom stereocenters. The van der Waals surface area contributed by atoms with E-state index < -0.39 is 0 Å². The van der Waals surface area contributed by atoms with Crippen LogP contribution in [-0.4, -0.2) is 24.3 Å². The molecular weight excluding hydrogens is 306 g/mol. The summed E-state index contributed by atoms with van der Waals surface area (Å²) in [5.41, 5.74) is 7.41. The van der Waals surface area contributed by atoms with Gasteiger partial charge in [0.15, 0.2) is 5.82 Å². The molecule has 2 heterocycles. The van der Waals surface area contributed by atoms with Crippen LogP contribution >= 0.6 is 0 Å². The van der Waals surface area contributed by atoms with Crippen molar-refractivity contribution in [3.05, 3.63) is 71.3 Å². The van der Waals surface area contributed by atoms with Crippen LogP contribution in [0.5, 0.6) is 5.75 Å². The molecule has 0 spiro atoms. The Labute approximate surface area is 136 Å². The van der Waals surface area contributed by atoms with E-state index in [1.807, 2.05) is 18.2 Å². The summed E-state index contributed by atoms with van der Waals surface area (Å²) in [6.45, 7) is 0. The molecule has 0 amide bonds. The Balaban J connectivity index is 1.98. The van der Waals surface area contributed by atoms with Crippen molar-refractivity contribution in [3.63, 3.8) is 0 Å². The van der Waals surface area contributed by atoms with Crippen LogP contribution < -0.4 is 11.4 Å². The van der Waals surface area contributed by atoms with E-state index in [1.54, 1.807) is 36.4 Å². The molecule has 0 unspecified atom stereocenters. The second kappa shape index (κ2) is 5.24. The fourth-order valence-corrected chi connectivity index (χ4v) is 2.56. The van der Waals surface area contributed by atoms with E-state index in [0.29, 0.717) is 16.9 Å². The second-order valence-electron chi connectivity index (χ2n) is 5.25. The Morgan fingerprint density at radius 2 is 1.71 bits per heavy atom. The largest absolute Gasteiger partial charge is 0.507 e. The van der Waals surface area contributed by atoms with E-state index in [1.165, 1.54) is 15.3 Å². The highest BCUT2D eigenvalue weighted by Gasteiger charge is 2.15. The molecule has 24 heavy (non-hydrogen) atoms. The third-order valence-corrected chi connectivity index (χ3v) is 3.71. The molecule has 7 heteroatoms. The first-order valence-electron chi connectivity index (χ1n) is 7.27. The number of phenols is 1. The Hall–Kier alpha value is -3.61. The number of nitrogens with zero attached hydrogens (tertiary/aromatic N) is 4. The van der Waals surface area contributed by atoms with E-state index in [0.717, 1.165) is 0 Å². The van der Waals surface area contributed by atoms with Gasteiger partial charge in [-0.2, -0.15) is 4.68 Å². The zero-order chi connectivity index (χ0) is 16.7. The minimum Gasteiger partial charge on any atom is -0.507 e. The average molecular weight is 319 g/mol. The number of rotatable bonds is 2. The minimum absolute atomic E-state index is 0.0623. The topological polar surface area (TPSA) is 98.4 Å². The number of nitrogen functional groups attached to an aromatic ring is 1. The predicted octanol–water partition coefficient (Wildman–Crippen LogP) is 1.83. The Morgan fingerprint density at radius 3 is 2.46 bits per heavy atom. The summed E-state index contributed by atoms with van der Waals surface area (Å²) in [6, 6.07) is 15.8. The normalized spacial score (nSPS) is 11.0. The van der Waals surface area contributed by atoms with E-state index in [9.17, 15) is 9.90 Å². The van der Waals surface area contributed by atoms with Gasteiger partial charge in [0, 0.05) is 11.8 Å². The van der Waals surface area contributed by atoms with E-state index in [2.05, 4.69) is 10.1 Å². The fraction of sp³-hybridized carbons (Fsp3) is 0. The lowest BCUT2D eigenvalue weighted by Crippen LogP contribution is -2.19. The van der Waals surface area contributed by atoms with Gasteiger partial charge in [0.2, 0.25) is 5.65 Å². The molecule has 2 aromatic carbocycles. The summed E-state index contributed by atoms with van der Waals surface area (Å²) in [5, 5.41) is 14.2. The number of nitrogens with two attached hydrogens (primary N) is 1. The highest BCUT2D eigenvalue weighted by atomic mass is 16.3. The molecular formula is C17H13N5O2. The van der Waals surface area contributed by atoms with Crippen LogP contribution in [0.25, 0.3) is 22.6 Å². The quantitative estimate of drug-likeness (QED) is 0.587. The lowest BCUT2D eigenvalue weighted by Gasteiger charge is -2.05. The van der Waals surface area contributed by atoms with Crippen LogP contribution in [0.15, 0.2) is 65.6 Å². The van der Waals surface area contributed by atoms with Gasteiger partial charge in [0.25, 0.3) is 0 Å². The number of aromatic nitrogens is 4. The maximum absolute atomic E-state index is 12.7. The molecule has 0 bridgehead atoms. The molecule has 0 saturated heterocycles. The maximum atomic E-state index is 12.7. The summed E-state index contributed by atoms with van der Waals surface area (Å²) >= 11 is 0. The predicted molar refractivity (Wildman–Crippen MR) is 90.1 cm³/mol. The highest BCUT2D eigenvalue weighted by Crippen LogP contribution is 2.27. The standard InChI is InChI=1S/C17H13N5O2/c18-15-16-20-22(11-6-2-1-3-7-11)17(24)21(16)10-13(19-15)12-8-4-5-9-14(12)23/h1-10,23H,(H2,18,19). The van der Waals surface area contributed by atoms with Crippen molar-refractivity contribution in [1.29, 1.82) is 0 Å². The van der Waals surface area contributed by atoms with Crippen molar-refractivity contribution in [2.45, 2.75) is 0 Å². The fourth-order valence-electron chi connectivity index (χ4n) is 2.56. The van der Waals surface area contributed by atoms with Crippen LogP contribution in [-0.2, 0) is 0 Å². The first-order valence-corrected chi connectivity index (χ1v) is 7.27. The van der Waals surface area contributed by atoms with Gasteiger partial charge in [-0.25, -0.2) is 14.2 Å². The number of benzene rings is 2. The third kappa shape index (κ3) is 2.11. The number of hydrogen-bond acceptors (Lipinski definition) is 5. The summed E-state index contributed by atoms with van der Waals surface area (Å²) < 4.78 is 2.60. The first-order chi connectivity index (χ1) is 11.6. The van der Waals surface area contributed by atoms with Gasteiger partial charge in [-0.1, -0.05) is 30.3 Å². The highest BCUT2D eigenvalue weighted by molar-refractivity contribution is 5.71. The van der Waals surface area contributed by atoms with E-state index >= 15 is 0 Å². The molecule has 0 aliphatic carbocycles. The Morgan fingerprint density at radius 1 is 1.00 bits per heavy atom. The molecule has 4 aromatic rings. The van der Waals surface area contributed by atoms with Crippen LogP contribution in [0.2, 0.25) is 0 Å². The van der Waals surface area contributed by atoms with Gasteiger partial charge in [-0.3, -0.25) is 0 Å². The number of anilines is 1. The lowest BCUT2D eigenvalue weighted by molar-refractivity contribution is 0.477. The average Bonchev–Trinajstić information content (AvgIpc) is 2.94. The molecule has 4 rings (SSSR count). The second-order valence-corrected chi connectivity index (χ2v) is 5.25. The van der Waals surface area contributed by atoms with Crippen LogP contribution in [0.3, 0.4) is 0 Å². The number of hydrogen-bond donors (Lipinski definition) is 2. The summed E-state index contributed by atoms with van der Waals surface area (Å²) in [4.78, 5) is 16.9. The van der Waals surface area contributed by atoms with Crippen molar-refractivity contribution in [2.75, 3.05) is 5.73 Å². The van der Waals surface area contributed by atoms with Gasteiger partial charge in [-0.15, -0.1) is 5.10 Å². The van der Waals surface area contributed by atoms with Crippen molar-refractivity contribution in [2.24, 2.45) is 0 Å². The summed E-state index contributed by atoms with van der Waals surface area (Å²) in [6.07, 6.45) is 1.52. The minimum atomic E-state index is -0.359. The molecule has 2 aromatic heterocycles. The number of para-hydroxylation sites is 2. The number of aromatic hydroxyl groups is 1. The zero-order valence-corrected chi connectivity index (χ0v) is 12.5. The van der Waals surface area contributed by atoms with E-state index in [-0.39, 0.29) is 22.9 Å². The van der Waals surface area contributed by atoms with Gasteiger partial charge in [0.05, 0.1) is 11.4 Å². The molecule has 0 aliphatic rings. The zero-order valence-electron chi connectivity index (χ0n) is 12.5. The van der Waals surface area contributed by atoms with Crippen molar-refractivity contribution >= 4 is 11.5 Å². The SMILES string of the molecule is Nc1nc(-c2ccccc2O)cn2c(=O)n(-c3ccccc3)nc12. The van der Waals surface area contributed by atoms with Crippen molar-refractivity contribution in [1.82, 2.24) is 19.2 Å². The molecule has 0 aliphatic heterocycles.